The second kappa shape index (κ2) is 13.4. The van der Waals surface area contributed by atoms with E-state index in [0.717, 1.165) is 18.4 Å². The van der Waals surface area contributed by atoms with Crippen molar-refractivity contribution < 1.29 is 12.6 Å². The number of aryl methyl sites for hydroxylation is 1. The molecule has 0 aromatic heterocycles. The Hall–Kier alpha value is -0.910. The van der Waals surface area contributed by atoms with E-state index in [1.807, 2.05) is 6.07 Å². The Bertz CT molecular complexity index is 529. The minimum atomic E-state index is -3.60. The van der Waals surface area contributed by atoms with Gasteiger partial charge in [-0.25, -0.2) is 0 Å². The molecule has 0 aliphatic rings. The maximum absolute atomic E-state index is 12.1. The Labute approximate surface area is 148 Å². The van der Waals surface area contributed by atoms with Gasteiger partial charge in [-0.1, -0.05) is 82.9 Å². The average Bonchev–Trinajstić information content (AvgIpc) is 2.53. The van der Waals surface area contributed by atoms with Crippen LogP contribution in [0.25, 0.3) is 0 Å². The van der Waals surface area contributed by atoms with E-state index in [4.69, 9.17) is 4.18 Å². The van der Waals surface area contributed by atoms with Crippen LogP contribution in [0.2, 0.25) is 0 Å². The smallest absolute Gasteiger partial charge is 0.297 e. The Kier molecular flexibility index (Phi) is 12.9. The summed E-state index contributed by atoms with van der Waals surface area (Å²) in [6.07, 6.45) is 12.3. The first-order valence-corrected chi connectivity index (χ1v) is 10.4. The summed E-state index contributed by atoms with van der Waals surface area (Å²) in [4.78, 5) is 0.284. The number of benzene rings is 1. The average molecular weight is 358 g/mol. The highest BCUT2D eigenvalue weighted by Gasteiger charge is 2.16. The van der Waals surface area contributed by atoms with Gasteiger partial charge in [0.15, 0.2) is 0 Å². The van der Waals surface area contributed by atoms with Crippen LogP contribution in [0, 0.1) is 6.92 Å². The largest absolute Gasteiger partial charge is 0.344 e. The molecule has 1 aromatic carbocycles. The molecule has 0 heterocycles. The third-order valence-corrected chi connectivity index (χ3v) is 5.57. The fourth-order valence-corrected chi connectivity index (χ4v) is 3.83. The summed E-state index contributed by atoms with van der Waals surface area (Å²) in [7, 11) is -3.60. The van der Waals surface area contributed by atoms with Gasteiger partial charge in [0.2, 0.25) is 0 Å². The first-order valence-electron chi connectivity index (χ1n) is 9.03. The third-order valence-electron chi connectivity index (χ3n) is 4.10. The van der Waals surface area contributed by atoms with Gasteiger partial charge in [-0.15, -0.1) is 0 Å². The first kappa shape index (κ1) is 23.1. The van der Waals surface area contributed by atoms with Gasteiger partial charge in [-0.2, -0.15) is 8.42 Å². The highest BCUT2D eigenvalue weighted by molar-refractivity contribution is 7.86. The van der Waals surface area contributed by atoms with Crippen molar-refractivity contribution in [2.24, 2.45) is 0 Å². The normalized spacial score (nSPS) is 11.2. The predicted octanol–water partition coefficient (Wildman–Crippen LogP) is 5.78. The van der Waals surface area contributed by atoms with Gasteiger partial charge < -0.3 is 6.15 Å². The van der Waals surface area contributed by atoms with Crippen molar-refractivity contribution in [2.75, 3.05) is 6.61 Å². The van der Waals surface area contributed by atoms with E-state index in [1.54, 1.807) is 25.1 Å². The van der Waals surface area contributed by atoms with Crippen LogP contribution in [0.4, 0.5) is 0 Å². The van der Waals surface area contributed by atoms with Crippen molar-refractivity contribution >= 4 is 10.1 Å². The van der Waals surface area contributed by atoms with Crippen LogP contribution in [0.5, 0.6) is 0 Å². The van der Waals surface area contributed by atoms with Crippen molar-refractivity contribution in [2.45, 2.75) is 83.0 Å². The zero-order chi connectivity index (χ0) is 17.0. The molecule has 0 fully saturated rings. The molecule has 5 heteroatoms. The summed E-state index contributed by atoms with van der Waals surface area (Å²) >= 11 is 0. The van der Waals surface area contributed by atoms with Crippen molar-refractivity contribution in [3.05, 3.63) is 29.8 Å². The summed E-state index contributed by atoms with van der Waals surface area (Å²) in [6, 6.07) is 6.94. The number of rotatable bonds is 13. The molecule has 1 rings (SSSR count). The molecular weight excluding hydrogens is 322 g/mol. The zero-order valence-corrected chi connectivity index (χ0v) is 16.2. The van der Waals surface area contributed by atoms with E-state index < -0.39 is 10.1 Å². The fraction of sp³-hybridized carbons (Fsp3) is 0.684. The maximum Gasteiger partial charge on any atom is 0.297 e. The summed E-state index contributed by atoms with van der Waals surface area (Å²) in [5.74, 6) is 0. The Morgan fingerprint density at radius 2 is 1.33 bits per heavy atom. The van der Waals surface area contributed by atoms with Gasteiger partial charge in [0, 0.05) is 0 Å². The van der Waals surface area contributed by atoms with Crippen molar-refractivity contribution in [1.29, 1.82) is 0 Å². The summed E-state index contributed by atoms with van der Waals surface area (Å²) < 4.78 is 29.3. The predicted molar refractivity (Wildman–Crippen MR) is 101 cm³/mol. The molecule has 0 atom stereocenters. The van der Waals surface area contributed by atoms with Crippen molar-refractivity contribution in [3.8, 4) is 0 Å². The van der Waals surface area contributed by atoms with Gasteiger partial charge >= 0.3 is 0 Å². The van der Waals surface area contributed by atoms with Gasteiger partial charge in [0.1, 0.15) is 0 Å². The molecule has 0 unspecified atom stereocenters. The van der Waals surface area contributed by atoms with Crippen LogP contribution in [0.15, 0.2) is 29.2 Å². The van der Waals surface area contributed by atoms with Crippen molar-refractivity contribution in [1.82, 2.24) is 6.15 Å². The summed E-state index contributed by atoms with van der Waals surface area (Å²) in [6.45, 7) is 4.31. The number of unbranched alkanes of at least 4 members (excludes halogenated alkanes) is 9. The molecule has 0 aliphatic carbocycles. The Balaban J connectivity index is 0.00000529. The SMILES string of the molecule is CCCCCCCCCCCCOS(=O)(=O)c1ccccc1C.N. The highest BCUT2D eigenvalue weighted by Crippen LogP contribution is 2.17. The lowest BCUT2D eigenvalue weighted by Gasteiger charge is -2.08. The van der Waals surface area contributed by atoms with E-state index in [-0.39, 0.29) is 17.7 Å². The molecule has 24 heavy (non-hydrogen) atoms. The van der Waals surface area contributed by atoms with Crippen molar-refractivity contribution in [3.63, 3.8) is 0 Å². The standard InChI is InChI=1S/C19H32O3S.H3N/c1-3-4-5-6-7-8-9-10-11-14-17-22-23(20,21)19-16-13-12-15-18(19)2;/h12-13,15-16H,3-11,14,17H2,1-2H3;1H3. The highest BCUT2D eigenvalue weighted by atomic mass is 32.2. The minimum Gasteiger partial charge on any atom is -0.344 e. The molecule has 0 bridgehead atoms. The van der Waals surface area contributed by atoms with E-state index in [0.29, 0.717) is 0 Å². The Morgan fingerprint density at radius 1 is 0.833 bits per heavy atom. The van der Waals surface area contributed by atoms with Crippen LogP contribution in [-0.2, 0) is 14.3 Å². The molecule has 140 valence electrons. The van der Waals surface area contributed by atoms with Crippen LogP contribution < -0.4 is 6.15 Å². The van der Waals surface area contributed by atoms with E-state index >= 15 is 0 Å². The monoisotopic (exact) mass is 357 g/mol. The Morgan fingerprint density at radius 3 is 1.88 bits per heavy atom. The van der Waals surface area contributed by atoms with Crippen LogP contribution in [0.1, 0.15) is 76.7 Å². The lowest BCUT2D eigenvalue weighted by molar-refractivity contribution is 0.306. The topological polar surface area (TPSA) is 78.4 Å². The molecule has 1 aromatic rings. The molecule has 0 amide bonds. The van der Waals surface area contributed by atoms with E-state index in [2.05, 4.69) is 6.92 Å². The van der Waals surface area contributed by atoms with Crippen LogP contribution in [0.3, 0.4) is 0 Å². The van der Waals surface area contributed by atoms with E-state index in [9.17, 15) is 8.42 Å². The molecule has 0 aliphatic heterocycles. The molecule has 0 saturated carbocycles. The molecule has 4 nitrogen and oxygen atoms in total. The molecule has 0 radical (unpaired) electrons. The van der Waals surface area contributed by atoms with Gasteiger partial charge in [0.05, 0.1) is 11.5 Å². The minimum absolute atomic E-state index is 0. The lowest BCUT2D eigenvalue weighted by atomic mass is 10.1. The van der Waals surface area contributed by atoms with Gasteiger partial charge in [-0.05, 0) is 25.0 Å². The van der Waals surface area contributed by atoms with Crippen LogP contribution >= 0.6 is 0 Å². The molecule has 0 saturated heterocycles. The zero-order valence-electron chi connectivity index (χ0n) is 15.4. The van der Waals surface area contributed by atoms with Gasteiger partial charge in [0.25, 0.3) is 10.1 Å². The number of hydrogen-bond acceptors (Lipinski definition) is 4. The summed E-state index contributed by atoms with van der Waals surface area (Å²) in [5, 5.41) is 0. The van der Waals surface area contributed by atoms with Crippen LogP contribution in [-0.4, -0.2) is 15.0 Å². The molecule has 3 N–H and O–H groups in total. The number of hydrogen-bond donors (Lipinski definition) is 1. The fourth-order valence-electron chi connectivity index (χ4n) is 2.66. The third kappa shape index (κ3) is 9.40. The van der Waals surface area contributed by atoms with E-state index in [1.165, 1.54) is 51.4 Å². The molecular formula is C19H35NO3S. The quantitative estimate of drug-likeness (QED) is 0.358. The second-order valence-electron chi connectivity index (χ2n) is 6.22. The second-order valence-corrected chi connectivity index (χ2v) is 7.81. The van der Waals surface area contributed by atoms with Gasteiger partial charge in [-0.3, -0.25) is 4.18 Å². The lowest BCUT2D eigenvalue weighted by Crippen LogP contribution is -2.09. The maximum atomic E-state index is 12.1. The molecule has 0 spiro atoms. The first-order chi connectivity index (χ1) is 11.1. The summed E-state index contributed by atoms with van der Waals surface area (Å²) in [5.41, 5.74) is 0.732.